The van der Waals surface area contributed by atoms with Crippen LogP contribution >= 0.6 is 11.8 Å². The maximum atomic E-state index is 11.6. The van der Waals surface area contributed by atoms with Crippen LogP contribution in [-0.4, -0.2) is 27.9 Å². The minimum absolute atomic E-state index is 0.116. The number of hydrogen-bond acceptors (Lipinski definition) is 6. The standard InChI is InChI=1S/C12H12N2O5S/c1-7-6-9(14-19-7)13-10(15)4-5-20-11-3-2-8(18-11)12(16)17/h2-3,6H,4-5H2,1H3,(H,16,17)(H,13,14,15). The zero-order valence-corrected chi connectivity index (χ0v) is 11.4. The molecule has 0 unspecified atom stereocenters. The third-order valence-corrected chi connectivity index (χ3v) is 3.17. The van der Waals surface area contributed by atoms with Crippen LogP contribution in [0.15, 0.2) is 32.2 Å². The Hall–Kier alpha value is -2.22. The summed E-state index contributed by atoms with van der Waals surface area (Å²) in [7, 11) is 0. The summed E-state index contributed by atoms with van der Waals surface area (Å²) in [5.41, 5.74) is 0. The molecule has 2 heterocycles. The van der Waals surface area contributed by atoms with E-state index in [0.717, 1.165) is 0 Å². The number of thioether (sulfide) groups is 1. The number of carboxylic acid groups (broad SMARTS) is 1. The van der Waals surface area contributed by atoms with E-state index in [1.54, 1.807) is 19.1 Å². The van der Waals surface area contributed by atoms with Crippen LogP contribution in [0, 0.1) is 6.92 Å². The fourth-order valence-electron chi connectivity index (χ4n) is 1.39. The molecule has 0 saturated heterocycles. The number of amides is 1. The molecule has 0 spiro atoms. The summed E-state index contributed by atoms with van der Waals surface area (Å²) < 4.78 is 9.88. The van der Waals surface area contributed by atoms with Gasteiger partial charge in [0.2, 0.25) is 11.7 Å². The largest absolute Gasteiger partial charge is 0.475 e. The third kappa shape index (κ3) is 3.89. The quantitative estimate of drug-likeness (QED) is 0.788. The second-order valence-corrected chi connectivity index (χ2v) is 4.99. The van der Waals surface area contributed by atoms with E-state index in [1.165, 1.54) is 17.8 Å². The van der Waals surface area contributed by atoms with Crippen LogP contribution < -0.4 is 5.32 Å². The average molecular weight is 296 g/mol. The van der Waals surface area contributed by atoms with Crippen LogP contribution in [-0.2, 0) is 4.79 Å². The maximum absolute atomic E-state index is 11.6. The van der Waals surface area contributed by atoms with Crippen molar-refractivity contribution in [1.29, 1.82) is 0 Å². The van der Waals surface area contributed by atoms with E-state index in [-0.39, 0.29) is 18.1 Å². The summed E-state index contributed by atoms with van der Waals surface area (Å²) in [4.78, 5) is 22.2. The van der Waals surface area contributed by atoms with E-state index in [0.29, 0.717) is 22.4 Å². The highest BCUT2D eigenvalue weighted by atomic mass is 32.2. The number of nitrogens with zero attached hydrogens (tertiary/aromatic N) is 1. The van der Waals surface area contributed by atoms with Crippen LogP contribution in [0.2, 0.25) is 0 Å². The van der Waals surface area contributed by atoms with Gasteiger partial charge in [0.15, 0.2) is 10.9 Å². The lowest BCUT2D eigenvalue weighted by molar-refractivity contribution is -0.115. The number of aryl methyl sites for hydroxylation is 1. The molecule has 0 aliphatic heterocycles. The lowest BCUT2D eigenvalue weighted by atomic mass is 10.4. The Morgan fingerprint density at radius 3 is 2.85 bits per heavy atom. The molecule has 106 valence electrons. The highest BCUT2D eigenvalue weighted by Crippen LogP contribution is 2.21. The number of anilines is 1. The van der Waals surface area contributed by atoms with Gasteiger partial charge in [-0.2, -0.15) is 0 Å². The second-order valence-electron chi connectivity index (χ2n) is 3.89. The molecule has 1 amide bonds. The van der Waals surface area contributed by atoms with Gasteiger partial charge in [-0.25, -0.2) is 4.79 Å². The zero-order chi connectivity index (χ0) is 14.5. The van der Waals surface area contributed by atoms with Crippen molar-refractivity contribution in [3.8, 4) is 0 Å². The minimum atomic E-state index is -1.11. The van der Waals surface area contributed by atoms with Crippen molar-refractivity contribution in [2.75, 3.05) is 11.1 Å². The van der Waals surface area contributed by atoms with Gasteiger partial charge in [-0.05, 0) is 19.1 Å². The molecule has 8 heteroatoms. The SMILES string of the molecule is Cc1cc(NC(=O)CCSc2ccc(C(=O)O)o2)no1. The number of nitrogens with one attached hydrogen (secondary N) is 1. The van der Waals surface area contributed by atoms with Gasteiger partial charge in [0.05, 0.1) is 0 Å². The molecule has 0 atom stereocenters. The van der Waals surface area contributed by atoms with Crippen LogP contribution in [0.25, 0.3) is 0 Å². The lowest BCUT2D eigenvalue weighted by Gasteiger charge is -1.99. The normalized spacial score (nSPS) is 10.4. The molecule has 2 rings (SSSR count). The lowest BCUT2D eigenvalue weighted by Crippen LogP contribution is -2.12. The summed E-state index contributed by atoms with van der Waals surface area (Å²) in [5.74, 6) is 0.0341. The first-order chi connectivity index (χ1) is 9.54. The van der Waals surface area contributed by atoms with Gasteiger partial charge in [0.25, 0.3) is 0 Å². The van der Waals surface area contributed by atoms with Crippen LogP contribution in [0.3, 0.4) is 0 Å². The van der Waals surface area contributed by atoms with Gasteiger partial charge in [0.1, 0.15) is 5.76 Å². The number of hydrogen-bond donors (Lipinski definition) is 2. The van der Waals surface area contributed by atoms with Crippen molar-refractivity contribution < 1.29 is 23.6 Å². The Balaban J connectivity index is 1.74. The molecule has 0 fully saturated rings. The molecule has 2 aromatic heterocycles. The molecular weight excluding hydrogens is 284 g/mol. The number of carboxylic acids is 1. The molecule has 0 aliphatic carbocycles. The molecule has 0 bridgehead atoms. The summed E-state index contributed by atoms with van der Waals surface area (Å²) in [5, 5.41) is 15.4. The predicted molar refractivity (Wildman–Crippen MR) is 70.9 cm³/mol. The Kier molecular flexibility index (Phi) is 4.46. The Morgan fingerprint density at radius 2 is 2.25 bits per heavy atom. The fourth-order valence-corrected chi connectivity index (χ4v) is 2.19. The van der Waals surface area contributed by atoms with E-state index in [4.69, 9.17) is 14.0 Å². The van der Waals surface area contributed by atoms with Crippen molar-refractivity contribution in [2.45, 2.75) is 18.4 Å². The molecule has 0 saturated carbocycles. The van der Waals surface area contributed by atoms with Crippen LogP contribution in [0.4, 0.5) is 5.82 Å². The Labute approximate surface area is 118 Å². The van der Waals surface area contributed by atoms with Crippen molar-refractivity contribution in [2.24, 2.45) is 0 Å². The Morgan fingerprint density at radius 1 is 1.45 bits per heavy atom. The Bertz CT molecular complexity index is 619. The topological polar surface area (TPSA) is 106 Å². The minimum Gasteiger partial charge on any atom is -0.475 e. The third-order valence-electron chi connectivity index (χ3n) is 2.26. The molecule has 2 aromatic rings. The number of carbonyl (C=O) groups is 2. The van der Waals surface area contributed by atoms with Crippen LogP contribution in [0.5, 0.6) is 0 Å². The number of carbonyl (C=O) groups excluding carboxylic acids is 1. The summed E-state index contributed by atoms with van der Waals surface area (Å²) in [6.07, 6.45) is 0.250. The monoisotopic (exact) mass is 296 g/mol. The highest BCUT2D eigenvalue weighted by molar-refractivity contribution is 7.99. The van der Waals surface area contributed by atoms with Gasteiger partial charge in [0, 0.05) is 18.2 Å². The first-order valence-electron chi connectivity index (χ1n) is 5.73. The second kappa shape index (κ2) is 6.29. The maximum Gasteiger partial charge on any atom is 0.371 e. The summed E-state index contributed by atoms with van der Waals surface area (Å²) >= 11 is 1.27. The van der Waals surface area contributed by atoms with Crippen LogP contribution in [0.1, 0.15) is 22.7 Å². The molecule has 0 radical (unpaired) electrons. The van der Waals surface area contributed by atoms with E-state index in [2.05, 4.69) is 10.5 Å². The van der Waals surface area contributed by atoms with Gasteiger partial charge >= 0.3 is 5.97 Å². The number of rotatable bonds is 6. The van der Waals surface area contributed by atoms with E-state index in [1.807, 2.05) is 0 Å². The average Bonchev–Trinajstić information content (AvgIpc) is 2.99. The van der Waals surface area contributed by atoms with Crippen molar-refractivity contribution in [3.05, 3.63) is 29.7 Å². The predicted octanol–water partition coefficient (Wildman–Crippen LogP) is 2.40. The van der Waals surface area contributed by atoms with Gasteiger partial charge in [-0.3, -0.25) is 4.79 Å². The summed E-state index contributed by atoms with van der Waals surface area (Å²) in [6, 6.07) is 4.56. The number of aromatic carboxylic acids is 1. The van der Waals surface area contributed by atoms with E-state index in [9.17, 15) is 9.59 Å². The molecular formula is C12H12N2O5S. The fraction of sp³-hybridized carbons (Fsp3) is 0.250. The van der Waals surface area contributed by atoms with E-state index >= 15 is 0 Å². The number of furan rings is 1. The first kappa shape index (κ1) is 14.2. The smallest absolute Gasteiger partial charge is 0.371 e. The highest BCUT2D eigenvalue weighted by Gasteiger charge is 2.10. The zero-order valence-electron chi connectivity index (χ0n) is 10.6. The van der Waals surface area contributed by atoms with Gasteiger partial charge in [-0.15, -0.1) is 0 Å². The summed E-state index contributed by atoms with van der Waals surface area (Å²) in [6.45, 7) is 1.73. The molecule has 20 heavy (non-hydrogen) atoms. The molecule has 0 aliphatic rings. The van der Waals surface area contributed by atoms with Crippen molar-refractivity contribution in [1.82, 2.24) is 5.16 Å². The van der Waals surface area contributed by atoms with Crippen molar-refractivity contribution >= 4 is 29.5 Å². The molecule has 0 aromatic carbocycles. The van der Waals surface area contributed by atoms with E-state index < -0.39 is 5.97 Å². The van der Waals surface area contributed by atoms with Gasteiger partial charge in [-0.1, -0.05) is 16.9 Å². The molecule has 7 nitrogen and oxygen atoms in total. The van der Waals surface area contributed by atoms with Gasteiger partial charge < -0.3 is 19.4 Å². The molecule has 2 N–H and O–H groups in total. The first-order valence-corrected chi connectivity index (χ1v) is 6.72. The number of aromatic nitrogens is 1. The van der Waals surface area contributed by atoms with Crippen molar-refractivity contribution in [3.63, 3.8) is 0 Å².